The zero-order valence-corrected chi connectivity index (χ0v) is 12.6. The van der Waals surface area contributed by atoms with E-state index in [1.54, 1.807) is 6.20 Å². The Balaban J connectivity index is 1.84. The standard InChI is InChI=1S/C15H19BrN2O/c16-14-12(7-3-9-17-14)15(19)18-10-4-6-11-5-1-2-8-13(11)18/h3,7,9,11,13H,1-2,4-6,8,10H2/t11-,13-/m1/s1. The van der Waals surface area contributed by atoms with E-state index >= 15 is 0 Å². The van der Waals surface area contributed by atoms with Crippen LogP contribution in [-0.2, 0) is 0 Å². The van der Waals surface area contributed by atoms with Crippen LogP contribution in [0.2, 0.25) is 0 Å². The van der Waals surface area contributed by atoms with Gasteiger partial charge >= 0.3 is 0 Å². The van der Waals surface area contributed by atoms with Crippen LogP contribution in [0.3, 0.4) is 0 Å². The number of pyridine rings is 1. The Morgan fingerprint density at radius 1 is 1.26 bits per heavy atom. The number of amides is 1. The first-order valence-electron chi connectivity index (χ1n) is 7.19. The van der Waals surface area contributed by atoms with Crippen LogP contribution in [0.4, 0.5) is 0 Å². The Bertz CT molecular complexity index is 475. The third-order valence-corrected chi connectivity index (χ3v) is 5.13. The fourth-order valence-corrected chi connectivity index (χ4v) is 4.00. The third kappa shape index (κ3) is 2.55. The van der Waals surface area contributed by atoms with E-state index in [9.17, 15) is 4.79 Å². The second kappa shape index (κ2) is 5.61. The van der Waals surface area contributed by atoms with Crippen molar-refractivity contribution < 1.29 is 4.79 Å². The van der Waals surface area contributed by atoms with Gasteiger partial charge in [-0.2, -0.15) is 0 Å². The molecule has 102 valence electrons. The van der Waals surface area contributed by atoms with E-state index < -0.39 is 0 Å². The average Bonchev–Trinajstić information content (AvgIpc) is 2.46. The first-order valence-corrected chi connectivity index (χ1v) is 7.98. The number of aromatic nitrogens is 1. The van der Waals surface area contributed by atoms with Crippen LogP contribution in [0.1, 0.15) is 48.9 Å². The van der Waals surface area contributed by atoms with Crippen LogP contribution in [0.25, 0.3) is 0 Å². The Labute approximate surface area is 122 Å². The summed E-state index contributed by atoms with van der Waals surface area (Å²) in [6.07, 6.45) is 9.21. The summed E-state index contributed by atoms with van der Waals surface area (Å²) in [5.74, 6) is 0.874. The zero-order valence-electron chi connectivity index (χ0n) is 11.0. The van der Waals surface area contributed by atoms with Crippen molar-refractivity contribution in [2.45, 2.75) is 44.6 Å². The lowest BCUT2D eigenvalue weighted by atomic mass is 9.78. The summed E-state index contributed by atoms with van der Waals surface area (Å²) < 4.78 is 0.665. The maximum atomic E-state index is 12.7. The monoisotopic (exact) mass is 322 g/mol. The lowest BCUT2D eigenvalue weighted by Gasteiger charge is -2.44. The van der Waals surface area contributed by atoms with Gasteiger partial charge < -0.3 is 4.90 Å². The molecule has 2 heterocycles. The number of carbonyl (C=O) groups excluding carboxylic acids is 1. The summed E-state index contributed by atoms with van der Waals surface area (Å²) >= 11 is 3.39. The Kier molecular flexibility index (Phi) is 3.87. The molecule has 2 fully saturated rings. The fourth-order valence-electron chi connectivity index (χ4n) is 3.58. The molecule has 3 nitrogen and oxygen atoms in total. The number of nitrogens with zero attached hydrogens (tertiary/aromatic N) is 2. The number of fused-ring (bicyclic) bond motifs is 1. The van der Waals surface area contributed by atoms with Crippen molar-refractivity contribution >= 4 is 21.8 Å². The Morgan fingerprint density at radius 3 is 2.89 bits per heavy atom. The molecule has 3 rings (SSSR count). The van der Waals surface area contributed by atoms with Crippen LogP contribution in [0, 0.1) is 5.92 Å². The maximum absolute atomic E-state index is 12.7. The average molecular weight is 323 g/mol. The highest BCUT2D eigenvalue weighted by Crippen LogP contribution is 2.36. The molecule has 1 aliphatic carbocycles. The van der Waals surface area contributed by atoms with Crippen molar-refractivity contribution in [1.29, 1.82) is 0 Å². The second-order valence-corrected chi connectivity index (χ2v) is 6.35. The fraction of sp³-hybridized carbons (Fsp3) is 0.600. The molecule has 1 aliphatic heterocycles. The highest BCUT2D eigenvalue weighted by atomic mass is 79.9. The van der Waals surface area contributed by atoms with E-state index in [1.807, 2.05) is 12.1 Å². The first kappa shape index (κ1) is 13.1. The molecule has 19 heavy (non-hydrogen) atoms. The number of halogens is 1. The molecule has 0 bridgehead atoms. The van der Waals surface area contributed by atoms with Crippen molar-refractivity contribution in [2.75, 3.05) is 6.54 Å². The topological polar surface area (TPSA) is 33.2 Å². The minimum absolute atomic E-state index is 0.150. The summed E-state index contributed by atoms with van der Waals surface area (Å²) in [7, 11) is 0. The van der Waals surface area contributed by atoms with Gasteiger partial charge in [0.1, 0.15) is 4.60 Å². The summed E-state index contributed by atoms with van der Waals surface area (Å²) in [5.41, 5.74) is 0.703. The largest absolute Gasteiger partial charge is 0.335 e. The van der Waals surface area contributed by atoms with Gasteiger partial charge in [0, 0.05) is 18.8 Å². The summed E-state index contributed by atoms with van der Waals surface area (Å²) in [6, 6.07) is 4.16. The highest BCUT2D eigenvalue weighted by Gasteiger charge is 2.36. The van der Waals surface area contributed by atoms with Gasteiger partial charge in [-0.05, 0) is 59.7 Å². The highest BCUT2D eigenvalue weighted by molar-refractivity contribution is 9.10. The van der Waals surface area contributed by atoms with E-state index in [1.165, 1.54) is 32.1 Å². The van der Waals surface area contributed by atoms with Crippen LogP contribution in [0.5, 0.6) is 0 Å². The predicted octanol–water partition coefficient (Wildman–Crippen LogP) is 3.64. The van der Waals surface area contributed by atoms with Crippen LogP contribution in [0.15, 0.2) is 22.9 Å². The number of likely N-dealkylation sites (tertiary alicyclic amines) is 1. The molecule has 1 saturated carbocycles. The SMILES string of the molecule is O=C(c1cccnc1Br)N1CCC[C@H]2CCCC[C@H]21. The lowest BCUT2D eigenvalue weighted by Crippen LogP contribution is -2.49. The molecule has 0 unspecified atom stereocenters. The molecular formula is C15H19BrN2O. The number of hydrogen-bond donors (Lipinski definition) is 0. The molecular weight excluding hydrogens is 304 g/mol. The van der Waals surface area contributed by atoms with Gasteiger partial charge in [0.15, 0.2) is 0 Å². The number of rotatable bonds is 1. The minimum Gasteiger partial charge on any atom is -0.335 e. The van der Waals surface area contributed by atoms with Crippen molar-refractivity contribution in [1.82, 2.24) is 9.88 Å². The Hall–Kier alpha value is -0.900. The van der Waals surface area contributed by atoms with E-state index in [2.05, 4.69) is 25.8 Å². The van der Waals surface area contributed by atoms with E-state index in [0.29, 0.717) is 16.2 Å². The maximum Gasteiger partial charge on any atom is 0.256 e. The van der Waals surface area contributed by atoms with Crippen molar-refractivity contribution in [3.8, 4) is 0 Å². The minimum atomic E-state index is 0.150. The molecule has 0 radical (unpaired) electrons. The van der Waals surface area contributed by atoms with E-state index in [0.717, 1.165) is 18.9 Å². The van der Waals surface area contributed by atoms with Gasteiger partial charge in [0.2, 0.25) is 0 Å². The molecule has 4 heteroatoms. The van der Waals surface area contributed by atoms with Crippen molar-refractivity contribution in [2.24, 2.45) is 5.92 Å². The summed E-state index contributed by atoms with van der Waals surface area (Å²) in [6.45, 7) is 0.904. The predicted molar refractivity (Wildman–Crippen MR) is 78.0 cm³/mol. The summed E-state index contributed by atoms with van der Waals surface area (Å²) in [5, 5.41) is 0. The smallest absolute Gasteiger partial charge is 0.256 e. The van der Waals surface area contributed by atoms with Gasteiger partial charge in [0.05, 0.1) is 5.56 Å². The molecule has 2 atom stereocenters. The Morgan fingerprint density at radius 2 is 2.05 bits per heavy atom. The number of hydrogen-bond acceptors (Lipinski definition) is 2. The molecule has 1 saturated heterocycles. The normalized spacial score (nSPS) is 26.9. The molecule has 1 aromatic heterocycles. The van der Waals surface area contributed by atoms with Crippen LogP contribution in [-0.4, -0.2) is 28.4 Å². The number of carbonyl (C=O) groups is 1. The van der Waals surface area contributed by atoms with Crippen molar-refractivity contribution in [3.05, 3.63) is 28.5 Å². The van der Waals surface area contributed by atoms with Crippen LogP contribution < -0.4 is 0 Å². The van der Waals surface area contributed by atoms with Gasteiger partial charge in [-0.25, -0.2) is 4.98 Å². The quantitative estimate of drug-likeness (QED) is 0.739. The molecule has 2 aliphatic rings. The van der Waals surface area contributed by atoms with Gasteiger partial charge in [-0.3, -0.25) is 4.79 Å². The zero-order chi connectivity index (χ0) is 13.2. The molecule has 1 amide bonds. The van der Waals surface area contributed by atoms with Crippen LogP contribution >= 0.6 is 15.9 Å². The molecule has 0 aromatic carbocycles. The number of piperidine rings is 1. The summed E-state index contributed by atoms with van der Waals surface area (Å²) in [4.78, 5) is 19.0. The van der Waals surface area contributed by atoms with Gasteiger partial charge in [-0.15, -0.1) is 0 Å². The lowest BCUT2D eigenvalue weighted by molar-refractivity contribution is 0.0389. The van der Waals surface area contributed by atoms with E-state index in [4.69, 9.17) is 0 Å². The van der Waals surface area contributed by atoms with E-state index in [-0.39, 0.29) is 5.91 Å². The third-order valence-electron chi connectivity index (χ3n) is 4.49. The molecule has 0 N–H and O–H groups in total. The van der Waals surface area contributed by atoms with Gasteiger partial charge in [0.25, 0.3) is 5.91 Å². The molecule has 1 aromatic rings. The first-order chi connectivity index (χ1) is 9.27. The molecule has 0 spiro atoms. The second-order valence-electron chi connectivity index (χ2n) is 5.59. The van der Waals surface area contributed by atoms with Crippen molar-refractivity contribution in [3.63, 3.8) is 0 Å². The van der Waals surface area contributed by atoms with Gasteiger partial charge in [-0.1, -0.05) is 12.8 Å².